The Morgan fingerprint density at radius 1 is 1.13 bits per heavy atom. The van der Waals surface area contributed by atoms with Crippen molar-refractivity contribution in [3.8, 4) is 11.5 Å². The predicted molar refractivity (Wildman–Crippen MR) is 86.7 cm³/mol. The molecule has 0 saturated carbocycles. The summed E-state index contributed by atoms with van der Waals surface area (Å²) in [6.07, 6.45) is 4.55. The van der Waals surface area contributed by atoms with Crippen molar-refractivity contribution in [1.82, 2.24) is 4.90 Å². The van der Waals surface area contributed by atoms with Gasteiger partial charge >= 0.3 is 0 Å². The van der Waals surface area contributed by atoms with E-state index in [1.807, 2.05) is 23.1 Å². The van der Waals surface area contributed by atoms with Gasteiger partial charge in [0.05, 0.1) is 19.8 Å². The van der Waals surface area contributed by atoms with Crippen LogP contribution in [-0.4, -0.2) is 43.8 Å². The van der Waals surface area contributed by atoms with Crippen LogP contribution in [0.3, 0.4) is 0 Å². The molecule has 2 fully saturated rings. The van der Waals surface area contributed by atoms with Gasteiger partial charge in [-0.2, -0.15) is 0 Å². The normalized spacial score (nSPS) is 24.8. The Morgan fingerprint density at radius 3 is 2.48 bits per heavy atom. The lowest BCUT2D eigenvalue weighted by Crippen LogP contribution is -2.32. The van der Waals surface area contributed by atoms with Gasteiger partial charge in [-0.05, 0) is 43.4 Å². The van der Waals surface area contributed by atoms with Crippen LogP contribution in [0.4, 0.5) is 0 Å². The van der Waals surface area contributed by atoms with Crippen molar-refractivity contribution in [3.63, 3.8) is 0 Å². The first kappa shape index (κ1) is 16.1. The molecule has 23 heavy (non-hydrogen) atoms. The predicted octanol–water partition coefficient (Wildman–Crippen LogP) is 2.77. The molecule has 1 aromatic carbocycles. The summed E-state index contributed by atoms with van der Waals surface area (Å²) in [5.41, 5.74) is 0.967. The maximum Gasteiger partial charge on any atom is 0.222 e. The highest BCUT2D eigenvalue weighted by Gasteiger charge is 2.38. The van der Waals surface area contributed by atoms with Crippen molar-refractivity contribution in [2.24, 2.45) is 0 Å². The number of hydrogen-bond acceptors (Lipinski definition) is 4. The summed E-state index contributed by atoms with van der Waals surface area (Å²) in [4.78, 5) is 14.4. The fourth-order valence-corrected chi connectivity index (χ4v) is 3.58. The van der Waals surface area contributed by atoms with E-state index in [1.54, 1.807) is 14.2 Å². The van der Waals surface area contributed by atoms with Crippen LogP contribution in [0.15, 0.2) is 18.2 Å². The van der Waals surface area contributed by atoms with Gasteiger partial charge in [-0.3, -0.25) is 4.79 Å². The lowest BCUT2D eigenvalue weighted by Gasteiger charge is -2.26. The lowest BCUT2D eigenvalue weighted by molar-refractivity contribution is -0.131. The van der Waals surface area contributed by atoms with Crippen LogP contribution in [0.5, 0.6) is 11.5 Å². The third-order valence-electron chi connectivity index (χ3n) is 4.95. The number of carbonyl (C=O) groups is 1. The van der Waals surface area contributed by atoms with E-state index in [0.29, 0.717) is 13.0 Å². The van der Waals surface area contributed by atoms with Gasteiger partial charge < -0.3 is 19.1 Å². The summed E-state index contributed by atoms with van der Waals surface area (Å²) < 4.78 is 16.6. The minimum Gasteiger partial charge on any atom is -0.497 e. The maximum absolute atomic E-state index is 12.5. The minimum atomic E-state index is -0.0590. The van der Waals surface area contributed by atoms with Crippen molar-refractivity contribution in [2.75, 3.05) is 27.4 Å². The number of benzene rings is 1. The molecule has 2 saturated heterocycles. The molecule has 2 aliphatic heterocycles. The van der Waals surface area contributed by atoms with Gasteiger partial charge in [0, 0.05) is 32.2 Å². The number of carbonyl (C=O) groups excluding carboxylic acids is 1. The van der Waals surface area contributed by atoms with Gasteiger partial charge in [0.1, 0.15) is 11.5 Å². The molecule has 0 aliphatic carbocycles. The summed E-state index contributed by atoms with van der Waals surface area (Å²) >= 11 is 0. The van der Waals surface area contributed by atoms with E-state index >= 15 is 0 Å². The molecule has 1 unspecified atom stereocenters. The molecule has 2 aliphatic rings. The monoisotopic (exact) mass is 319 g/mol. The Morgan fingerprint density at radius 2 is 1.87 bits per heavy atom. The van der Waals surface area contributed by atoms with Gasteiger partial charge in [0.2, 0.25) is 5.91 Å². The molecule has 2 heterocycles. The summed E-state index contributed by atoms with van der Waals surface area (Å²) in [6.45, 7) is 2.17. The number of amides is 1. The molecule has 0 N–H and O–H groups in total. The number of ether oxygens (including phenoxy) is 3. The Kier molecular flexibility index (Phi) is 4.76. The van der Waals surface area contributed by atoms with Crippen molar-refractivity contribution >= 4 is 5.91 Å². The van der Waals surface area contributed by atoms with E-state index in [1.165, 1.54) is 0 Å². The number of likely N-dealkylation sites (tertiary alicyclic amines) is 1. The zero-order valence-corrected chi connectivity index (χ0v) is 14.0. The van der Waals surface area contributed by atoms with Gasteiger partial charge in [-0.25, -0.2) is 0 Å². The molecule has 3 rings (SSSR count). The second-order valence-electron chi connectivity index (χ2n) is 6.42. The largest absolute Gasteiger partial charge is 0.497 e. The van der Waals surface area contributed by atoms with Crippen molar-refractivity contribution in [2.45, 2.75) is 44.2 Å². The van der Waals surface area contributed by atoms with Crippen LogP contribution in [0.2, 0.25) is 0 Å². The quantitative estimate of drug-likeness (QED) is 0.856. The first-order valence-corrected chi connectivity index (χ1v) is 8.28. The van der Waals surface area contributed by atoms with E-state index in [4.69, 9.17) is 14.2 Å². The summed E-state index contributed by atoms with van der Waals surface area (Å²) in [5.74, 6) is 1.70. The van der Waals surface area contributed by atoms with E-state index in [9.17, 15) is 4.79 Å². The third kappa shape index (κ3) is 3.61. The Balaban J connectivity index is 1.72. The standard InChI is InChI=1S/C18H25NO4/c1-21-15-10-14(11-16(12-15)22-2)13-19-8-7-18(5-3-9-23-18)6-4-17(19)20/h10-12H,3-9,13H2,1-2H3. The Hall–Kier alpha value is -1.75. The number of methoxy groups -OCH3 is 2. The van der Waals surface area contributed by atoms with E-state index in [0.717, 1.165) is 55.9 Å². The zero-order chi connectivity index (χ0) is 16.3. The van der Waals surface area contributed by atoms with Crippen LogP contribution in [-0.2, 0) is 16.1 Å². The van der Waals surface area contributed by atoms with Crippen LogP contribution in [0, 0.1) is 0 Å². The third-order valence-corrected chi connectivity index (χ3v) is 4.95. The molecule has 1 atom stereocenters. The molecule has 126 valence electrons. The SMILES string of the molecule is COc1cc(CN2CCC3(CCCO3)CCC2=O)cc(OC)c1. The highest BCUT2D eigenvalue weighted by molar-refractivity contribution is 5.76. The first-order valence-electron chi connectivity index (χ1n) is 8.28. The Labute approximate surface area is 137 Å². The molecule has 1 aromatic rings. The van der Waals surface area contributed by atoms with Crippen molar-refractivity contribution in [3.05, 3.63) is 23.8 Å². The molecule has 0 bridgehead atoms. The molecular weight excluding hydrogens is 294 g/mol. The molecule has 1 spiro atoms. The van der Waals surface area contributed by atoms with Gasteiger partial charge in [-0.1, -0.05) is 0 Å². The number of hydrogen-bond donors (Lipinski definition) is 0. The molecular formula is C18H25NO4. The number of rotatable bonds is 4. The van der Waals surface area contributed by atoms with Crippen molar-refractivity contribution in [1.29, 1.82) is 0 Å². The van der Waals surface area contributed by atoms with Crippen LogP contribution >= 0.6 is 0 Å². The smallest absolute Gasteiger partial charge is 0.222 e. The fraction of sp³-hybridized carbons (Fsp3) is 0.611. The summed E-state index contributed by atoms with van der Waals surface area (Å²) in [7, 11) is 3.27. The minimum absolute atomic E-state index is 0.0590. The van der Waals surface area contributed by atoms with E-state index in [2.05, 4.69) is 0 Å². The highest BCUT2D eigenvalue weighted by Crippen LogP contribution is 2.36. The molecule has 0 aromatic heterocycles. The lowest BCUT2D eigenvalue weighted by atomic mass is 9.92. The fourth-order valence-electron chi connectivity index (χ4n) is 3.58. The van der Waals surface area contributed by atoms with Crippen molar-refractivity contribution < 1.29 is 19.0 Å². The average Bonchev–Trinajstić information content (AvgIpc) is 2.99. The van der Waals surface area contributed by atoms with Gasteiger partial charge in [-0.15, -0.1) is 0 Å². The Bertz CT molecular complexity index is 544. The molecule has 1 amide bonds. The summed E-state index contributed by atoms with van der Waals surface area (Å²) in [5, 5.41) is 0. The second kappa shape index (κ2) is 6.79. The highest BCUT2D eigenvalue weighted by atomic mass is 16.5. The average molecular weight is 319 g/mol. The van der Waals surface area contributed by atoms with Gasteiger partial charge in [0.25, 0.3) is 0 Å². The van der Waals surface area contributed by atoms with Crippen LogP contribution in [0.1, 0.15) is 37.7 Å². The molecule has 5 heteroatoms. The first-order chi connectivity index (χ1) is 11.1. The van der Waals surface area contributed by atoms with Gasteiger partial charge in [0.15, 0.2) is 0 Å². The van der Waals surface area contributed by atoms with E-state index in [-0.39, 0.29) is 11.5 Å². The maximum atomic E-state index is 12.5. The van der Waals surface area contributed by atoms with Crippen LogP contribution < -0.4 is 9.47 Å². The molecule has 5 nitrogen and oxygen atoms in total. The summed E-state index contributed by atoms with van der Waals surface area (Å²) in [6, 6.07) is 5.76. The van der Waals surface area contributed by atoms with E-state index < -0.39 is 0 Å². The van der Waals surface area contributed by atoms with Crippen LogP contribution in [0.25, 0.3) is 0 Å². The molecule has 0 radical (unpaired) electrons. The topological polar surface area (TPSA) is 48.0 Å². The second-order valence-corrected chi connectivity index (χ2v) is 6.42. The number of nitrogens with zero attached hydrogens (tertiary/aromatic N) is 1. The zero-order valence-electron chi connectivity index (χ0n) is 14.0.